The number of nitriles is 1. The van der Waals surface area contributed by atoms with Gasteiger partial charge >= 0.3 is 6.18 Å². The molecule has 8 heteroatoms. The fourth-order valence-corrected chi connectivity index (χ4v) is 4.41. The molecule has 1 atom stereocenters. The van der Waals surface area contributed by atoms with Crippen LogP contribution in [0.25, 0.3) is 0 Å². The van der Waals surface area contributed by atoms with E-state index in [2.05, 4.69) is 15.9 Å². The topological polar surface area (TPSA) is 44.0 Å². The zero-order chi connectivity index (χ0) is 16.5. The van der Waals surface area contributed by atoms with Crippen molar-refractivity contribution in [1.82, 2.24) is 0 Å². The normalized spacial score (nSPS) is 14.4. The van der Waals surface area contributed by atoms with Crippen molar-refractivity contribution in [1.29, 1.82) is 5.26 Å². The van der Waals surface area contributed by atoms with E-state index in [1.807, 2.05) is 6.07 Å². The third-order valence-corrected chi connectivity index (χ3v) is 6.34. The van der Waals surface area contributed by atoms with Crippen LogP contribution in [0.2, 0.25) is 0 Å². The second-order valence-electron chi connectivity index (χ2n) is 4.55. The number of nitrogens with zero attached hydrogens (tertiary/aromatic N) is 1. The standard InChI is InChI=1S/C14H9BrF3NOS2/c1-13(20,14(16,17)18)8-2-4-9(5-3-8)21-12-11(15)6-10(7-19)22-12/h2-6,20H,1H3. The van der Waals surface area contributed by atoms with Gasteiger partial charge in [-0.2, -0.15) is 18.4 Å². The summed E-state index contributed by atoms with van der Waals surface area (Å²) >= 11 is 5.97. The van der Waals surface area contributed by atoms with E-state index in [0.29, 0.717) is 9.77 Å². The summed E-state index contributed by atoms with van der Waals surface area (Å²) < 4.78 is 39.9. The highest BCUT2D eigenvalue weighted by molar-refractivity contribution is 9.10. The number of halogens is 4. The van der Waals surface area contributed by atoms with E-state index in [0.717, 1.165) is 15.6 Å². The Labute approximate surface area is 141 Å². The van der Waals surface area contributed by atoms with Gasteiger partial charge in [0, 0.05) is 9.37 Å². The van der Waals surface area contributed by atoms with Crippen molar-refractivity contribution in [3.8, 4) is 6.07 Å². The van der Waals surface area contributed by atoms with Crippen molar-refractivity contribution in [2.45, 2.75) is 27.8 Å². The van der Waals surface area contributed by atoms with Crippen molar-refractivity contribution >= 4 is 39.0 Å². The van der Waals surface area contributed by atoms with Crippen LogP contribution in [-0.4, -0.2) is 11.3 Å². The molecule has 0 amide bonds. The van der Waals surface area contributed by atoms with Gasteiger partial charge in [0.05, 0.1) is 4.21 Å². The average Bonchev–Trinajstić information content (AvgIpc) is 2.79. The lowest BCUT2D eigenvalue weighted by atomic mass is 9.96. The molecule has 0 aliphatic heterocycles. The molecule has 22 heavy (non-hydrogen) atoms. The average molecular weight is 408 g/mol. The van der Waals surface area contributed by atoms with Crippen LogP contribution in [0.1, 0.15) is 17.4 Å². The van der Waals surface area contributed by atoms with E-state index < -0.39 is 11.8 Å². The number of hydrogen-bond acceptors (Lipinski definition) is 4. The van der Waals surface area contributed by atoms with Crippen molar-refractivity contribution < 1.29 is 18.3 Å². The Kier molecular flexibility index (Phi) is 4.92. The van der Waals surface area contributed by atoms with Crippen molar-refractivity contribution in [3.63, 3.8) is 0 Å². The Morgan fingerprint density at radius 2 is 1.86 bits per heavy atom. The van der Waals surface area contributed by atoms with Crippen LogP contribution < -0.4 is 0 Å². The number of alkyl halides is 3. The fraction of sp³-hybridized carbons (Fsp3) is 0.214. The van der Waals surface area contributed by atoms with E-state index in [1.165, 1.54) is 47.4 Å². The fourth-order valence-electron chi connectivity index (χ4n) is 1.59. The number of thiophene rings is 1. The number of hydrogen-bond donors (Lipinski definition) is 1. The minimum absolute atomic E-state index is 0.215. The molecule has 2 aromatic rings. The van der Waals surface area contributed by atoms with Gasteiger partial charge in [-0.15, -0.1) is 11.3 Å². The molecule has 0 aliphatic rings. The zero-order valence-corrected chi connectivity index (χ0v) is 14.3. The van der Waals surface area contributed by atoms with E-state index in [9.17, 15) is 18.3 Å². The quantitative estimate of drug-likeness (QED) is 0.750. The third-order valence-electron chi connectivity index (χ3n) is 2.94. The minimum Gasteiger partial charge on any atom is -0.376 e. The van der Waals surface area contributed by atoms with Crippen LogP contribution >= 0.6 is 39.0 Å². The lowest BCUT2D eigenvalue weighted by Gasteiger charge is -2.26. The summed E-state index contributed by atoms with van der Waals surface area (Å²) in [5.74, 6) is 0. The second-order valence-corrected chi connectivity index (χ2v) is 7.80. The Bertz CT molecular complexity index is 717. The Hall–Kier alpha value is -1.01. The van der Waals surface area contributed by atoms with E-state index in [-0.39, 0.29) is 5.56 Å². The highest BCUT2D eigenvalue weighted by atomic mass is 79.9. The van der Waals surface area contributed by atoms with Crippen LogP contribution in [-0.2, 0) is 5.60 Å². The van der Waals surface area contributed by atoms with Gasteiger partial charge in [0.25, 0.3) is 0 Å². The summed E-state index contributed by atoms with van der Waals surface area (Å²) in [5, 5.41) is 18.4. The van der Waals surface area contributed by atoms with Crippen molar-refractivity contribution in [3.05, 3.63) is 45.2 Å². The Balaban J connectivity index is 2.23. The van der Waals surface area contributed by atoms with Gasteiger partial charge in [0.15, 0.2) is 5.60 Å². The van der Waals surface area contributed by atoms with Crippen LogP contribution in [0.3, 0.4) is 0 Å². The monoisotopic (exact) mass is 407 g/mol. The smallest absolute Gasteiger partial charge is 0.376 e. The van der Waals surface area contributed by atoms with E-state index >= 15 is 0 Å². The van der Waals surface area contributed by atoms with Crippen LogP contribution in [0.4, 0.5) is 13.2 Å². The van der Waals surface area contributed by atoms with Crippen LogP contribution in [0.15, 0.2) is 43.9 Å². The molecule has 1 N–H and O–H groups in total. The first kappa shape index (κ1) is 17.3. The minimum atomic E-state index is -4.74. The molecule has 2 rings (SSSR count). The SMILES string of the molecule is CC(O)(c1ccc(Sc2sc(C#N)cc2Br)cc1)C(F)(F)F. The first-order valence-corrected chi connectivity index (χ1v) is 8.34. The van der Waals surface area contributed by atoms with Gasteiger partial charge in [-0.3, -0.25) is 0 Å². The second kappa shape index (κ2) is 6.24. The predicted molar refractivity (Wildman–Crippen MR) is 82.9 cm³/mol. The molecule has 1 heterocycles. The Morgan fingerprint density at radius 1 is 1.27 bits per heavy atom. The molecule has 0 bridgehead atoms. The highest BCUT2D eigenvalue weighted by Gasteiger charge is 2.51. The van der Waals surface area contributed by atoms with Gasteiger partial charge < -0.3 is 5.11 Å². The van der Waals surface area contributed by atoms with Gasteiger partial charge in [-0.1, -0.05) is 23.9 Å². The maximum absolute atomic E-state index is 12.8. The van der Waals surface area contributed by atoms with Crippen LogP contribution in [0, 0.1) is 11.3 Å². The largest absolute Gasteiger partial charge is 0.421 e. The molecule has 1 aromatic carbocycles. The predicted octanol–water partition coefficient (Wildman–Crippen LogP) is 5.30. The number of rotatable bonds is 3. The molecular formula is C14H9BrF3NOS2. The van der Waals surface area contributed by atoms with Crippen molar-refractivity contribution in [2.24, 2.45) is 0 Å². The molecule has 1 aromatic heterocycles. The summed E-state index contributed by atoms with van der Waals surface area (Å²) in [6.45, 7) is 0.726. The summed E-state index contributed by atoms with van der Waals surface area (Å²) in [6.07, 6.45) is -4.74. The number of benzene rings is 1. The molecule has 116 valence electrons. The summed E-state index contributed by atoms with van der Waals surface area (Å²) in [5.41, 5.74) is -3.10. The van der Waals surface area contributed by atoms with Gasteiger partial charge in [0.1, 0.15) is 10.9 Å². The van der Waals surface area contributed by atoms with Gasteiger partial charge in [-0.25, -0.2) is 0 Å². The van der Waals surface area contributed by atoms with Crippen molar-refractivity contribution in [2.75, 3.05) is 0 Å². The molecule has 0 fully saturated rings. The molecule has 0 aliphatic carbocycles. The van der Waals surface area contributed by atoms with Crippen LogP contribution in [0.5, 0.6) is 0 Å². The maximum Gasteiger partial charge on any atom is 0.421 e. The highest BCUT2D eigenvalue weighted by Crippen LogP contribution is 2.42. The first-order valence-electron chi connectivity index (χ1n) is 5.92. The number of aliphatic hydroxyl groups is 1. The molecule has 2 nitrogen and oxygen atoms in total. The van der Waals surface area contributed by atoms with Gasteiger partial charge in [-0.05, 0) is 46.6 Å². The molecule has 0 saturated heterocycles. The molecule has 1 unspecified atom stereocenters. The maximum atomic E-state index is 12.8. The summed E-state index contributed by atoms with van der Waals surface area (Å²) in [6, 6.07) is 9.26. The summed E-state index contributed by atoms with van der Waals surface area (Å²) in [7, 11) is 0. The van der Waals surface area contributed by atoms with E-state index in [4.69, 9.17) is 5.26 Å². The Morgan fingerprint density at radius 3 is 2.32 bits per heavy atom. The van der Waals surface area contributed by atoms with E-state index in [1.54, 1.807) is 6.07 Å². The third kappa shape index (κ3) is 3.49. The lowest BCUT2D eigenvalue weighted by Crippen LogP contribution is -2.39. The lowest BCUT2D eigenvalue weighted by molar-refractivity contribution is -0.258. The first-order chi connectivity index (χ1) is 10.1. The molecular weight excluding hydrogens is 399 g/mol. The molecule has 0 radical (unpaired) electrons. The molecule has 0 spiro atoms. The van der Waals surface area contributed by atoms with Gasteiger partial charge in [0.2, 0.25) is 0 Å². The zero-order valence-electron chi connectivity index (χ0n) is 11.1. The summed E-state index contributed by atoms with van der Waals surface area (Å²) in [4.78, 5) is 1.26. The molecule has 0 saturated carbocycles.